The molecule has 0 bridgehead atoms. The Labute approximate surface area is 142 Å². The normalized spacial score (nSPS) is 10.3. The van der Waals surface area contributed by atoms with E-state index < -0.39 is 0 Å². The number of hydrogen-bond donors (Lipinski definition) is 1. The third-order valence-electron chi connectivity index (χ3n) is 3.88. The van der Waals surface area contributed by atoms with Crippen LogP contribution in [0.25, 0.3) is 10.8 Å². The van der Waals surface area contributed by atoms with Gasteiger partial charge in [-0.2, -0.15) is 0 Å². The quantitative estimate of drug-likeness (QED) is 0.496. The Hall–Kier alpha value is -2.16. The standard InChI is InChI=1S/C20H19NO.ClH/c22-20(15-21-13-12-16-6-2-1-3-7-16)19-11-10-17-8-4-5-9-18(17)14-19;/h1-11,14,21H,12-13,15H2;1H. The van der Waals surface area contributed by atoms with Crippen LogP contribution in [0, 0.1) is 0 Å². The van der Waals surface area contributed by atoms with Crippen LogP contribution < -0.4 is 17.7 Å². The van der Waals surface area contributed by atoms with Gasteiger partial charge in [0.15, 0.2) is 0 Å². The van der Waals surface area contributed by atoms with E-state index in [0.29, 0.717) is 6.54 Å². The Morgan fingerprint density at radius 2 is 1.52 bits per heavy atom. The zero-order valence-corrected chi connectivity index (χ0v) is 13.7. The number of carbonyl (C=O) groups is 1. The third kappa shape index (κ3) is 4.65. The van der Waals surface area contributed by atoms with Crippen LogP contribution in [0.3, 0.4) is 0 Å². The Morgan fingerprint density at radius 3 is 2.30 bits per heavy atom. The van der Waals surface area contributed by atoms with Crippen molar-refractivity contribution in [1.29, 1.82) is 0 Å². The second-order valence-electron chi connectivity index (χ2n) is 5.50. The van der Waals surface area contributed by atoms with Crippen molar-refractivity contribution in [2.24, 2.45) is 0 Å². The minimum Gasteiger partial charge on any atom is -1.00 e. The molecule has 0 saturated heterocycles. The molecule has 0 unspecified atom stereocenters. The van der Waals surface area contributed by atoms with E-state index in [-0.39, 0.29) is 18.2 Å². The van der Waals surface area contributed by atoms with Crippen molar-refractivity contribution in [2.75, 3.05) is 13.1 Å². The van der Waals surface area contributed by atoms with Crippen LogP contribution in [0.5, 0.6) is 0 Å². The number of ketones is 1. The summed E-state index contributed by atoms with van der Waals surface area (Å²) in [6, 6.07) is 24.4. The van der Waals surface area contributed by atoms with Crippen LogP contribution in [0.4, 0.5) is 0 Å². The average Bonchev–Trinajstić information content (AvgIpc) is 2.59. The molecule has 0 radical (unpaired) electrons. The fourth-order valence-corrected chi connectivity index (χ4v) is 2.63. The smallest absolute Gasteiger partial charge is 0.216 e. The number of Topliss-reactive ketones (excluding diaryl/α,β-unsaturated/α-hetero) is 1. The molecule has 3 aromatic carbocycles. The van der Waals surface area contributed by atoms with Gasteiger partial charge < -0.3 is 17.7 Å². The van der Waals surface area contributed by atoms with Gasteiger partial charge in [0.05, 0.1) is 6.54 Å². The predicted octanol–water partition coefficient (Wildman–Crippen LogP) is -0.167. The molecule has 0 atom stereocenters. The summed E-state index contributed by atoms with van der Waals surface area (Å²) in [5.74, 6) is 0.193. The summed E-state index contributed by atoms with van der Waals surface area (Å²) < 4.78 is 0. The Balaban J connectivity index is 0.00000192. The van der Waals surface area contributed by atoms with Crippen LogP contribution >= 0.6 is 0 Å². The summed E-state index contributed by atoms with van der Waals surface area (Å²) in [5.41, 5.74) is 2.12. The lowest BCUT2D eigenvalue weighted by Gasteiger charge is -2.04. The molecule has 2 nitrogen and oxygen atoms in total. The minimum atomic E-state index is 0. The number of nitrogens with two attached hydrogens (primary N) is 1. The third-order valence-corrected chi connectivity index (χ3v) is 3.88. The Kier molecular flexibility index (Phi) is 6.33. The maximum absolute atomic E-state index is 12.3. The first kappa shape index (κ1) is 17.2. The van der Waals surface area contributed by atoms with Crippen molar-refractivity contribution in [2.45, 2.75) is 6.42 Å². The van der Waals surface area contributed by atoms with Crippen molar-refractivity contribution in [3.8, 4) is 0 Å². The highest BCUT2D eigenvalue weighted by Crippen LogP contribution is 2.15. The van der Waals surface area contributed by atoms with Gasteiger partial charge in [-0.1, -0.05) is 66.7 Å². The van der Waals surface area contributed by atoms with Crippen molar-refractivity contribution >= 4 is 16.6 Å². The molecule has 3 aromatic rings. The summed E-state index contributed by atoms with van der Waals surface area (Å²) >= 11 is 0. The van der Waals surface area contributed by atoms with E-state index in [2.05, 4.69) is 35.6 Å². The van der Waals surface area contributed by atoms with E-state index in [1.807, 2.05) is 42.5 Å². The fraction of sp³-hybridized carbons (Fsp3) is 0.150. The lowest BCUT2D eigenvalue weighted by Crippen LogP contribution is -3.00. The second-order valence-corrected chi connectivity index (χ2v) is 5.50. The number of quaternary nitrogens is 1. The lowest BCUT2D eigenvalue weighted by molar-refractivity contribution is -0.642. The molecule has 0 aliphatic carbocycles. The highest BCUT2D eigenvalue weighted by Gasteiger charge is 2.08. The first-order valence-electron chi connectivity index (χ1n) is 7.70. The topological polar surface area (TPSA) is 33.7 Å². The SMILES string of the molecule is O=C(C[NH2+]CCc1ccccc1)c1ccc2ccccc2c1.[Cl-]. The number of fused-ring (bicyclic) bond motifs is 1. The van der Waals surface area contributed by atoms with Crippen LogP contribution in [-0.4, -0.2) is 18.9 Å². The molecule has 0 aliphatic heterocycles. The van der Waals surface area contributed by atoms with Crippen LogP contribution in [-0.2, 0) is 6.42 Å². The first-order chi connectivity index (χ1) is 10.8. The Morgan fingerprint density at radius 1 is 0.826 bits per heavy atom. The van der Waals surface area contributed by atoms with Gasteiger partial charge in [-0.15, -0.1) is 0 Å². The van der Waals surface area contributed by atoms with Gasteiger partial charge in [0, 0.05) is 12.0 Å². The predicted molar refractivity (Wildman–Crippen MR) is 90.1 cm³/mol. The molecular formula is C20H20ClNO. The van der Waals surface area contributed by atoms with Crippen molar-refractivity contribution < 1.29 is 22.5 Å². The number of carbonyl (C=O) groups excluding carboxylic acids is 1. The summed E-state index contributed by atoms with van der Waals surface area (Å²) in [7, 11) is 0. The number of hydrogen-bond acceptors (Lipinski definition) is 1. The van der Waals surface area contributed by atoms with E-state index in [1.54, 1.807) is 0 Å². The van der Waals surface area contributed by atoms with E-state index in [1.165, 1.54) is 10.9 Å². The molecule has 0 amide bonds. The van der Waals surface area contributed by atoms with E-state index in [0.717, 1.165) is 23.9 Å². The minimum absolute atomic E-state index is 0. The van der Waals surface area contributed by atoms with E-state index in [9.17, 15) is 4.79 Å². The highest BCUT2D eigenvalue weighted by atomic mass is 35.5. The monoisotopic (exact) mass is 325 g/mol. The number of halogens is 1. The molecular weight excluding hydrogens is 306 g/mol. The van der Waals surface area contributed by atoms with E-state index >= 15 is 0 Å². The zero-order valence-electron chi connectivity index (χ0n) is 12.9. The molecule has 0 aliphatic rings. The van der Waals surface area contributed by atoms with Crippen molar-refractivity contribution in [3.63, 3.8) is 0 Å². The summed E-state index contributed by atoms with van der Waals surface area (Å²) in [4.78, 5) is 12.3. The van der Waals surface area contributed by atoms with Gasteiger partial charge in [-0.3, -0.25) is 4.79 Å². The largest absolute Gasteiger partial charge is 1.00 e. The van der Waals surface area contributed by atoms with Gasteiger partial charge in [0.2, 0.25) is 5.78 Å². The average molecular weight is 326 g/mol. The van der Waals surface area contributed by atoms with Crippen LogP contribution in [0.2, 0.25) is 0 Å². The van der Waals surface area contributed by atoms with Crippen LogP contribution in [0.1, 0.15) is 15.9 Å². The lowest BCUT2D eigenvalue weighted by atomic mass is 10.0. The Bertz CT molecular complexity index is 771. The number of benzene rings is 3. The summed E-state index contributed by atoms with van der Waals surface area (Å²) in [5, 5.41) is 4.38. The van der Waals surface area contributed by atoms with E-state index in [4.69, 9.17) is 0 Å². The molecule has 0 spiro atoms. The number of rotatable bonds is 6. The fourth-order valence-electron chi connectivity index (χ4n) is 2.63. The molecule has 0 heterocycles. The maximum Gasteiger partial charge on any atom is 0.216 e. The second kappa shape index (κ2) is 8.47. The molecule has 0 aromatic heterocycles. The molecule has 0 saturated carbocycles. The van der Waals surface area contributed by atoms with Gasteiger partial charge in [-0.25, -0.2) is 0 Å². The van der Waals surface area contributed by atoms with Gasteiger partial charge in [-0.05, 0) is 22.4 Å². The maximum atomic E-state index is 12.3. The summed E-state index contributed by atoms with van der Waals surface area (Å²) in [6.45, 7) is 1.44. The van der Waals surface area contributed by atoms with Gasteiger partial charge >= 0.3 is 0 Å². The first-order valence-corrected chi connectivity index (χ1v) is 7.70. The van der Waals surface area contributed by atoms with Gasteiger partial charge in [0.1, 0.15) is 6.54 Å². The highest BCUT2D eigenvalue weighted by molar-refractivity contribution is 6.00. The zero-order chi connectivity index (χ0) is 15.2. The molecule has 23 heavy (non-hydrogen) atoms. The molecule has 2 N–H and O–H groups in total. The molecule has 3 rings (SSSR count). The molecule has 118 valence electrons. The van der Waals surface area contributed by atoms with Crippen LogP contribution in [0.15, 0.2) is 72.8 Å². The van der Waals surface area contributed by atoms with Crippen molar-refractivity contribution in [3.05, 3.63) is 83.9 Å². The van der Waals surface area contributed by atoms with Crippen molar-refractivity contribution in [1.82, 2.24) is 0 Å². The molecule has 3 heteroatoms. The molecule has 0 fully saturated rings. The van der Waals surface area contributed by atoms with Gasteiger partial charge in [0.25, 0.3) is 0 Å². The summed E-state index contributed by atoms with van der Waals surface area (Å²) in [6.07, 6.45) is 0.992.